The second-order valence-corrected chi connectivity index (χ2v) is 3.62. The summed E-state index contributed by atoms with van der Waals surface area (Å²) in [6, 6.07) is 0. The first kappa shape index (κ1) is 12.3. The Morgan fingerprint density at radius 2 is 2.07 bits per heavy atom. The number of carbonyl (C=O) groups excluding carboxylic acids is 1. The minimum atomic E-state index is -4.27. The van der Waals surface area contributed by atoms with Crippen LogP contribution in [0.25, 0.3) is 0 Å². The molecule has 0 radical (unpaired) electrons. The summed E-state index contributed by atoms with van der Waals surface area (Å²) in [5.41, 5.74) is 0. The Hall–Kier alpha value is -0.780. The largest absolute Gasteiger partial charge is 0.436 e. The standard InChI is InChI=1S/C9H13F3O3/c1-5(9(10,11)12)7-3-4-8(15-7)14-6(2)13/h5,7-8H,3-4H2,1-2H3. The number of halogens is 3. The predicted octanol–water partition coefficient (Wildman–Crippen LogP) is 2.25. The molecule has 3 atom stereocenters. The van der Waals surface area contributed by atoms with E-state index in [1.54, 1.807) is 0 Å². The highest BCUT2D eigenvalue weighted by molar-refractivity contribution is 5.66. The van der Waals surface area contributed by atoms with Gasteiger partial charge >= 0.3 is 12.1 Å². The van der Waals surface area contributed by atoms with E-state index < -0.39 is 30.5 Å². The lowest BCUT2D eigenvalue weighted by Crippen LogP contribution is -2.32. The Kier molecular flexibility index (Phi) is 3.59. The molecule has 1 rings (SSSR count). The molecule has 6 heteroatoms. The van der Waals surface area contributed by atoms with E-state index in [-0.39, 0.29) is 6.42 Å². The van der Waals surface area contributed by atoms with Gasteiger partial charge in [0.1, 0.15) is 0 Å². The van der Waals surface area contributed by atoms with Crippen molar-refractivity contribution in [1.82, 2.24) is 0 Å². The summed E-state index contributed by atoms with van der Waals surface area (Å²) < 4.78 is 46.6. The fourth-order valence-corrected chi connectivity index (χ4v) is 1.48. The van der Waals surface area contributed by atoms with Crippen LogP contribution in [-0.4, -0.2) is 24.5 Å². The van der Waals surface area contributed by atoms with Crippen LogP contribution >= 0.6 is 0 Å². The molecule has 0 aromatic carbocycles. The maximum absolute atomic E-state index is 12.3. The van der Waals surface area contributed by atoms with Crippen LogP contribution in [0, 0.1) is 5.92 Å². The smallest absolute Gasteiger partial charge is 0.394 e. The van der Waals surface area contributed by atoms with E-state index in [0.29, 0.717) is 6.42 Å². The first-order chi connectivity index (χ1) is 6.80. The van der Waals surface area contributed by atoms with Gasteiger partial charge in [-0.05, 0) is 6.42 Å². The quantitative estimate of drug-likeness (QED) is 0.677. The molecule has 0 aliphatic carbocycles. The summed E-state index contributed by atoms with van der Waals surface area (Å²) in [6.45, 7) is 2.27. The van der Waals surface area contributed by atoms with E-state index in [0.717, 1.165) is 6.92 Å². The third-order valence-corrected chi connectivity index (χ3v) is 2.38. The molecule has 1 saturated heterocycles. The lowest BCUT2D eigenvalue weighted by molar-refractivity contribution is -0.217. The summed E-state index contributed by atoms with van der Waals surface area (Å²) in [6.07, 6.45) is -5.41. The van der Waals surface area contributed by atoms with Crippen molar-refractivity contribution in [3.63, 3.8) is 0 Å². The Labute approximate surface area is 85.5 Å². The van der Waals surface area contributed by atoms with Crippen LogP contribution in [0.4, 0.5) is 13.2 Å². The Morgan fingerprint density at radius 1 is 1.47 bits per heavy atom. The SMILES string of the molecule is CC(=O)OC1CCC(C(C)C(F)(F)F)O1. The average Bonchev–Trinajstić information content (AvgIpc) is 2.48. The van der Waals surface area contributed by atoms with Crippen molar-refractivity contribution in [2.24, 2.45) is 5.92 Å². The minimum absolute atomic E-state index is 0.263. The number of carbonyl (C=O) groups is 1. The molecule has 0 aromatic rings. The molecule has 1 heterocycles. The molecule has 0 spiro atoms. The highest BCUT2D eigenvalue weighted by Crippen LogP contribution is 2.35. The van der Waals surface area contributed by atoms with Crippen molar-refractivity contribution in [1.29, 1.82) is 0 Å². The fraction of sp³-hybridized carbons (Fsp3) is 0.889. The van der Waals surface area contributed by atoms with Crippen molar-refractivity contribution in [2.45, 2.75) is 45.3 Å². The zero-order valence-corrected chi connectivity index (χ0v) is 8.50. The molecule has 3 unspecified atom stereocenters. The Bertz CT molecular complexity index is 239. The molecular formula is C9H13F3O3. The van der Waals surface area contributed by atoms with Crippen LogP contribution in [-0.2, 0) is 14.3 Å². The first-order valence-corrected chi connectivity index (χ1v) is 4.70. The van der Waals surface area contributed by atoms with Crippen molar-refractivity contribution in [3.05, 3.63) is 0 Å². The van der Waals surface area contributed by atoms with Crippen molar-refractivity contribution in [3.8, 4) is 0 Å². The highest BCUT2D eigenvalue weighted by atomic mass is 19.4. The van der Waals surface area contributed by atoms with Gasteiger partial charge < -0.3 is 9.47 Å². The summed E-state index contributed by atoms with van der Waals surface area (Å²) in [7, 11) is 0. The molecule has 0 aromatic heterocycles. The zero-order valence-electron chi connectivity index (χ0n) is 8.50. The molecule has 3 nitrogen and oxygen atoms in total. The molecule has 0 N–H and O–H groups in total. The van der Waals surface area contributed by atoms with Gasteiger partial charge in [-0.1, -0.05) is 6.92 Å². The molecular weight excluding hydrogens is 213 g/mol. The van der Waals surface area contributed by atoms with Crippen LogP contribution in [0.2, 0.25) is 0 Å². The van der Waals surface area contributed by atoms with Crippen LogP contribution < -0.4 is 0 Å². The topological polar surface area (TPSA) is 35.5 Å². The lowest BCUT2D eigenvalue weighted by Gasteiger charge is -2.22. The van der Waals surface area contributed by atoms with Gasteiger partial charge in [-0.2, -0.15) is 13.2 Å². The van der Waals surface area contributed by atoms with Gasteiger partial charge in [-0.3, -0.25) is 4.79 Å². The van der Waals surface area contributed by atoms with Crippen LogP contribution in [0.1, 0.15) is 26.7 Å². The summed E-state index contributed by atoms with van der Waals surface area (Å²) in [5.74, 6) is -2.07. The summed E-state index contributed by atoms with van der Waals surface area (Å²) >= 11 is 0. The zero-order chi connectivity index (χ0) is 11.6. The molecule has 1 fully saturated rings. The van der Waals surface area contributed by atoms with E-state index in [1.807, 2.05) is 0 Å². The average molecular weight is 226 g/mol. The van der Waals surface area contributed by atoms with Gasteiger partial charge in [0, 0.05) is 13.3 Å². The molecule has 88 valence electrons. The van der Waals surface area contributed by atoms with Crippen molar-refractivity contribution in [2.75, 3.05) is 0 Å². The van der Waals surface area contributed by atoms with E-state index in [4.69, 9.17) is 4.74 Å². The second kappa shape index (κ2) is 4.38. The number of esters is 1. The first-order valence-electron chi connectivity index (χ1n) is 4.70. The van der Waals surface area contributed by atoms with Crippen molar-refractivity contribution < 1.29 is 27.4 Å². The Morgan fingerprint density at radius 3 is 2.53 bits per heavy atom. The predicted molar refractivity (Wildman–Crippen MR) is 44.9 cm³/mol. The lowest BCUT2D eigenvalue weighted by atomic mass is 10.0. The fourth-order valence-electron chi connectivity index (χ4n) is 1.48. The molecule has 1 aliphatic rings. The normalized spacial score (nSPS) is 28.9. The highest BCUT2D eigenvalue weighted by Gasteiger charge is 2.45. The van der Waals surface area contributed by atoms with Crippen LogP contribution in [0.5, 0.6) is 0 Å². The number of hydrogen-bond acceptors (Lipinski definition) is 3. The molecule has 0 saturated carbocycles. The minimum Gasteiger partial charge on any atom is -0.436 e. The van der Waals surface area contributed by atoms with Gasteiger partial charge in [0.15, 0.2) is 0 Å². The van der Waals surface area contributed by atoms with Gasteiger partial charge in [0.05, 0.1) is 12.0 Å². The van der Waals surface area contributed by atoms with E-state index in [1.165, 1.54) is 6.92 Å². The Balaban J connectivity index is 2.46. The number of ether oxygens (including phenoxy) is 2. The third-order valence-electron chi connectivity index (χ3n) is 2.38. The number of alkyl halides is 3. The van der Waals surface area contributed by atoms with Gasteiger partial charge in [-0.15, -0.1) is 0 Å². The van der Waals surface area contributed by atoms with Crippen molar-refractivity contribution >= 4 is 5.97 Å². The molecule has 1 aliphatic heterocycles. The third kappa shape index (κ3) is 3.37. The number of hydrogen-bond donors (Lipinski definition) is 0. The van der Waals surface area contributed by atoms with Crippen LogP contribution in [0.3, 0.4) is 0 Å². The van der Waals surface area contributed by atoms with Gasteiger partial charge in [0.2, 0.25) is 6.29 Å². The van der Waals surface area contributed by atoms with Gasteiger partial charge in [0.25, 0.3) is 0 Å². The van der Waals surface area contributed by atoms with Gasteiger partial charge in [-0.25, -0.2) is 0 Å². The molecule has 0 bridgehead atoms. The van der Waals surface area contributed by atoms with E-state index in [9.17, 15) is 18.0 Å². The molecule has 0 amide bonds. The van der Waals surface area contributed by atoms with E-state index >= 15 is 0 Å². The number of rotatable bonds is 2. The van der Waals surface area contributed by atoms with E-state index in [2.05, 4.69) is 4.74 Å². The van der Waals surface area contributed by atoms with Crippen LogP contribution in [0.15, 0.2) is 0 Å². The maximum atomic E-state index is 12.3. The second-order valence-electron chi connectivity index (χ2n) is 3.62. The molecule has 15 heavy (non-hydrogen) atoms. The monoisotopic (exact) mass is 226 g/mol. The summed E-state index contributed by atoms with van der Waals surface area (Å²) in [4.78, 5) is 10.5. The summed E-state index contributed by atoms with van der Waals surface area (Å²) in [5, 5.41) is 0. The maximum Gasteiger partial charge on any atom is 0.394 e.